The van der Waals surface area contributed by atoms with Gasteiger partial charge in [-0.1, -0.05) is 36.2 Å². The second kappa shape index (κ2) is 5.57. The van der Waals surface area contributed by atoms with E-state index in [4.69, 9.17) is 4.74 Å². The number of rotatable bonds is 2. The lowest BCUT2D eigenvalue weighted by Gasteiger charge is -2.39. The molecule has 20 heavy (non-hydrogen) atoms. The third-order valence-corrected chi connectivity index (χ3v) is 4.63. The fourth-order valence-corrected chi connectivity index (χ4v) is 3.77. The van der Waals surface area contributed by atoms with E-state index in [0.29, 0.717) is 12.0 Å². The molecule has 1 aliphatic heterocycles. The van der Waals surface area contributed by atoms with E-state index in [0.717, 1.165) is 12.8 Å². The van der Waals surface area contributed by atoms with Crippen molar-refractivity contribution in [2.75, 3.05) is 0 Å². The topological polar surface area (TPSA) is 38.3 Å². The molecule has 1 saturated heterocycles. The quantitative estimate of drug-likeness (QED) is 0.899. The Morgan fingerprint density at radius 2 is 2.20 bits per heavy atom. The van der Waals surface area contributed by atoms with Crippen molar-refractivity contribution in [1.29, 1.82) is 0 Å². The molecule has 0 bridgehead atoms. The molecule has 1 aliphatic carbocycles. The molecular formula is C17H23NO2. The maximum atomic E-state index is 11.4. The van der Waals surface area contributed by atoms with Crippen molar-refractivity contribution in [1.82, 2.24) is 5.32 Å². The van der Waals surface area contributed by atoms with E-state index in [1.165, 1.54) is 24.0 Å². The van der Waals surface area contributed by atoms with E-state index in [2.05, 4.69) is 36.5 Å². The Morgan fingerprint density at radius 1 is 1.35 bits per heavy atom. The summed E-state index contributed by atoms with van der Waals surface area (Å²) in [6.45, 7) is 3.72. The lowest BCUT2D eigenvalue weighted by molar-refractivity contribution is -0.124. The van der Waals surface area contributed by atoms with Crippen molar-refractivity contribution in [2.45, 2.75) is 57.8 Å². The number of fused-ring (bicyclic) bond motifs is 1. The van der Waals surface area contributed by atoms with E-state index in [1.807, 2.05) is 0 Å². The molecule has 0 radical (unpaired) electrons. The van der Waals surface area contributed by atoms with Crippen molar-refractivity contribution >= 4 is 5.91 Å². The van der Waals surface area contributed by atoms with Gasteiger partial charge in [-0.3, -0.25) is 4.79 Å². The summed E-state index contributed by atoms with van der Waals surface area (Å²) in [5.74, 6) is 0.575. The maximum absolute atomic E-state index is 11.4. The molecule has 1 amide bonds. The number of ether oxygens (including phenoxy) is 1. The molecule has 108 valence electrons. The van der Waals surface area contributed by atoms with Crippen LogP contribution in [0.2, 0.25) is 0 Å². The summed E-state index contributed by atoms with van der Waals surface area (Å²) >= 11 is 0. The Kier molecular flexibility index (Phi) is 3.79. The van der Waals surface area contributed by atoms with E-state index < -0.39 is 0 Å². The van der Waals surface area contributed by atoms with Crippen LogP contribution in [-0.4, -0.2) is 18.1 Å². The summed E-state index contributed by atoms with van der Waals surface area (Å²) in [5, 5.41) is 3.15. The highest BCUT2D eigenvalue weighted by Gasteiger charge is 2.42. The minimum atomic E-state index is 0.0746. The summed E-state index contributed by atoms with van der Waals surface area (Å²) < 4.78 is 6.31. The van der Waals surface area contributed by atoms with Gasteiger partial charge in [-0.25, -0.2) is 0 Å². The number of carbonyl (C=O) groups excluding carboxylic acids is 1. The van der Waals surface area contributed by atoms with Crippen LogP contribution in [0.4, 0.5) is 0 Å². The highest BCUT2D eigenvalue weighted by Crippen LogP contribution is 2.42. The van der Waals surface area contributed by atoms with Crippen LogP contribution in [-0.2, 0) is 9.53 Å². The van der Waals surface area contributed by atoms with Crippen LogP contribution in [0.15, 0.2) is 24.3 Å². The molecule has 2 fully saturated rings. The largest absolute Gasteiger partial charge is 0.370 e. The molecule has 3 rings (SSSR count). The highest BCUT2D eigenvalue weighted by molar-refractivity contribution is 5.73. The van der Waals surface area contributed by atoms with Crippen LogP contribution in [0.25, 0.3) is 0 Å². The molecule has 2 aliphatic rings. The van der Waals surface area contributed by atoms with Gasteiger partial charge in [0, 0.05) is 18.9 Å². The van der Waals surface area contributed by atoms with Crippen LogP contribution in [0.3, 0.4) is 0 Å². The molecule has 1 aromatic carbocycles. The summed E-state index contributed by atoms with van der Waals surface area (Å²) in [5.41, 5.74) is 2.50. The Bertz CT molecular complexity index is 500. The minimum Gasteiger partial charge on any atom is -0.370 e. The van der Waals surface area contributed by atoms with Crippen LogP contribution in [0.5, 0.6) is 0 Å². The zero-order valence-corrected chi connectivity index (χ0v) is 12.3. The van der Waals surface area contributed by atoms with Crippen LogP contribution < -0.4 is 5.32 Å². The van der Waals surface area contributed by atoms with Gasteiger partial charge in [0.1, 0.15) is 0 Å². The lowest BCUT2D eigenvalue weighted by atomic mass is 9.86. The van der Waals surface area contributed by atoms with Crippen LogP contribution in [0, 0.1) is 12.8 Å². The van der Waals surface area contributed by atoms with Gasteiger partial charge in [0.15, 0.2) is 0 Å². The highest BCUT2D eigenvalue weighted by atomic mass is 16.5. The van der Waals surface area contributed by atoms with Gasteiger partial charge in [-0.15, -0.1) is 0 Å². The molecule has 1 N–H and O–H groups in total. The van der Waals surface area contributed by atoms with Gasteiger partial charge in [0.05, 0.1) is 12.2 Å². The van der Waals surface area contributed by atoms with Crippen molar-refractivity contribution in [2.24, 2.45) is 5.92 Å². The Balaban J connectivity index is 1.81. The smallest absolute Gasteiger partial charge is 0.217 e. The SMILES string of the molecule is CC(=O)N[C@@H]1C[C@H](c2cccc(C)c2)O[C@@H]2CCC[C@@H]12. The first-order valence-corrected chi connectivity index (χ1v) is 7.62. The third kappa shape index (κ3) is 2.73. The third-order valence-electron chi connectivity index (χ3n) is 4.63. The molecule has 4 atom stereocenters. The molecule has 3 heteroatoms. The second-order valence-electron chi connectivity index (χ2n) is 6.21. The molecule has 1 aromatic rings. The Morgan fingerprint density at radius 3 is 2.95 bits per heavy atom. The lowest BCUT2D eigenvalue weighted by Crippen LogP contribution is -2.47. The van der Waals surface area contributed by atoms with E-state index in [-0.39, 0.29) is 18.1 Å². The number of nitrogens with one attached hydrogen (secondary N) is 1. The predicted molar refractivity (Wildman–Crippen MR) is 78.4 cm³/mol. The van der Waals surface area contributed by atoms with Crippen LogP contribution >= 0.6 is 0 Å². The van der Waals surface area contributed by atoms with Gasteiger partial charge in [-0.05, 0) is 31.7 Å². The molecule has 1 saturated carbocycles. The van der Waals surface area contributed by atoms with Gasteiger partial charge < -0.3 is 10.1 Å². The fourth-order valence-electron chi connectivity index (χ4n) is 3.77. The first-order chi connectivity index (χ1) is 9.63. The van der Waals surface area contributed by atoms with Gasteiger partial charge in [0.25, 0.3) is 0 Å². The van der Waals surface area contributed by atoms with Crippen LogP contribution in [0.1, 0.15) is 49.8 Å². The van der Waals surface area contributed by atoms with Gasteiger partial charge >= 0.3 is 0 Å². The molecule has 0 aromatic heterocycles. The predicted octanol–water partition coefficient (Wildman–Crippen LogP) is 3.13. The normalized spacial score (nSPS) is 32.7. The molecule has 0 unspecified atom stereocenters. The summed E-state index contributed by atoms with van der Waals surface area (Å²) in [6, 6.07) is 8.79. The van der Waals surface area contributed by atoms with Crippen molar-refractivity contribution < 1.29 is 9.53 Å². The minimum absolute atomic E-state index is 0.0746. The van der Waals surface area contributed by atoms with E-state index >= 15 is 0 Å². The number of hydrogen-bond acceptors (Lipinski definition) is 2. The fraction of sp³-hybridized carbons (Fsp3) is 0.588. The maximum Gasteiger partial charge on any atom is 0.217 e. The average Bonchev–Trinajstić information content (AvgIpc) is 2.86. The van der Waals surface area contributed by atoms with Gasteiger partial charge in [0.2, 0.25) is 5.91 Å². The number of hydrogen-bond donors (Lipinski definition) is 1. The van der Waals surface area contributed by atoms with E-state index in [9.17, 15) is 4.79 Å². The average molecular weight is 273 g/mol. The number of aryl methyl sites for hydroxylation is 1. The van der Waals surface area contributed by atoms with Crippen molar-refractivity contribution in [3.05, 3.63) is 35.4 Å². The molecular weight excluding hydrogens is 250 g/mol. The van der Waals surface area contributed by atoms with Crippen molar-refractivity contribution in [3.63, 3.8) is 0 Å². The monoisotopic (exact) mass is 273 g/mol. The standard InChI is InChI=1S/C17H23NO2/c1-11-5-3-6-13(9-11)17-10-15(18-12(2)19)14-7-4-8-16(14)20-17/h3,5-6,9,14-17H,4,7-8,10H2,1-2H3,(H,18,19)/t14-,15+,16+,17+/m0/s1. The first-order valence-electron chi connectivity index (χ1n) is 7.62. The summed E-state index contributed by atoms with van der Waals surface area (Å²) in [4.78, 5) is 11.4. The number of amides is 1. The van der Waals surface area contributed by atoms with Gasteiger partial charge in [-0.2, -0.15) is 0 Å². The number of carbonyl (C=O) groups is 1. The van der Waals surface area contributed by atoms with E-state index in [1.54, 1.807) is 6.92 Å². The zero-order chi connectivity index (χ0) is 14.1. The zero-order valence-electron chi connectivity index (χ0n) is 12.3. The second-order valence-corrected chi connectivity index (χ2v) is 6.21. The summed E-state index contributed by atoms with van der Waals surface area (Å²) in [7, 11) is 0. The number of benzene rings is 1. The Labute approximate surface area is 120 Å². The Hall–Kier alpha value is -1.35. The van der Waals surface area contributed by atoms with Crippen molar-refractivity contribution in [3.8, 4) is 0 Å². The molecule has 3 nitrogen and oxygen atoms in total. The molecule has 1 heterocycles. The molecule has 0 spiro atoms. The first kappa shape index (κ1) is 13.6. The summed E-state index contributed by atoms with van der Waals surface area (Å²) in [6.07, 6.45) is 4.84.